The number of amides is 1. The minimum atomic E-state index is -0.186. The summed E-state index contributed by atoms with van der Waals surface area (Å²) in [6, 6.07) is 0. The lowest BCUT2D eigenvalue weighted by Gasteiger charge is -2.31. The third-order valence-electron chi connectivity index (χ3n) is 4.61. The predicted octanol–water partition coefficient (Wildman–Crippen LogP) is 2.06. The van der Waals surface area contributed by atoms with Crippen molar-refractivity contribution in [2.24, 2.45) is 17.1 Å². The molecule has 1 amide bonds. The second kappa shape index (κ2) is 4.74. The van der Waals surface area contributed by atoms with Crippen LogP contribution < -0.4 is 11.1 Å². The van der Waals surface area contributed by atoms with Crippen LogP contribution in [0.4, 0.5) is 0 Å². The van der Waals surface area contributed by atoms with Gasteiger partial charge in [0.25, 0.3) is 0 Å². The van der Waals surface area contributed by atoms with Gasteiger partial charge in [-0.2, -0.15) is 0 Å². The minimum absolute atomic E-state index is 0.186. The van der Waals surface area contributed by atoms with E-state index in [1.54, 1.807) is 0 Å². The Morgan fingerprint density at radius 3 is 2.31 bits per heavy atom. The number of hydrogen-bond donors (Lipinski definition) is 2. The highest BCUT2D eigenvalue weighted by Crippen LogP contribution is 2.54. The lowest BCUT2D eigenvalue weighted by atomic mass is 9.92. The van der Waals surface area contributed by atoms with Gasteiger partial charge in [0.15, 0.2) is 0 Å². The molecule has 1 aliphatic carbocycles. The van der Waals surface area contributed by atoms with Gasteiger partial charge in [-0.1, -0.05) is 27.7 Å². The maximum absolute atomic E-state index is 12.1. The Kier molecular flexibility index (Phi) is 4.00. The van der Waals surface area contributed by atoms with E-state index < -0.39 is 0 Å². The summed E-state index contributed by atoms with van der Waals surface area (Å²) in [5.74, 6) is 0.417. The molecule has 1 fully saturated rings. The van der Waals surface area contributed by atoms with Gasteiger partial charge in [-0.3, -0.25) is 4.79 Å². The van der Waals surface area contributed by atoms with E-state index in [4.69, 9.17) is 5.73 Å². The quantitative estimate of drug-likeness (QED) is 0.728. The lowest BCUT2D eigenvalue weighted by molar-refractivity contribution is -0.125. The first kappa shape index (κ1) is 13.5. The Hall–Kier alpha value is -0.570. The average Bonchev–Trinajstić information content (AvgIpc) is 3.00. The Balaban J connectivity index is 2.58. The van der Waals surface area contributed by atoms with E-state index in [0.717, 1.165) is 25.7 Å². The smallest absolute Gasteiger partial charge is 0.224 e. The molecule has 2 atom stereocenters. The molecule has 1 saturated carbocycles. The lowest BCUT2D eigenvalue weighted by Crippen LogP contribution is -2.53. The van der Waals surface area contributed by atoms with Crippen molar-refractivity contribution in [3.05, 3.63) is 0 Å². The summed E-state index contributed by atoms with van der Waals surface area (Å²) in [5.41, 5.74) is 5.84. The maximum Gasteiger partial charge on any atom is 0.224 e. The summed E-state index contributed by atoms with van der Waals surface area (Å²) in [7, 11) is 0. The molecule has 0 spiro atoms. The molecule has 0 radical (unpaired) electrons. The van der Waals surface area contributed by atoms with Gasteiger partial charge in [-0.25, -0.2) is 0 Å². The van der Waals surface area contributed by atoms with Crippen LogP contribution in [0, 0.1) is 11.3 Å². The molecule has 0 aromatic carbocycles. The molecule has 94 valence electrons. The fraction of sp³-hybridized carbons (Fsp3) is 0.923. The van der Waals surface area contributed by atoms with Gasteiger partial charge in [0, 0.05) is 12.5 Å². The molecule has 0 saturated heterocycles. The zero-order valence-electron chi connectivity index (χ0n) is 11.1. The van der Waals surface area contributed by atoms with Crippen LogP contribution in [0.3, 0.4) is 0 Å². The number of nitrogens with one attached hydrogen (secondary N) is 1. The van der Waals surface area contributed by atoms with Crippen LogP contribution in [-0.2, 0) is 4.79 Å². The number of rotatable bonds is 6. The molecule has 0 bridgehead atoms. The summed E-state index contributed by atoms with van der Waals surface area (Å²) < 4.78 is 0. The second-order valence-electron chi connectivity index (χ2n) is 5.45. The van der Waals surface area contributed by atoms with Crippen molar-refractivity contribution in [2.45, 2.75) is 58.9 Å². The van der Waals surface area contributed by atoms with Crippen molar-refractivity contribution in [2.75, 3.05) is 6.54 Å². The van der Waals surface area contributed by atoms with E-state index in [1.165, 1.54) is 0 Å². The summed E-state index contributed by atoms with van der Waals surface area (Å²) in [6.07, 6.45) is 3.92. The van der Waals surface area contributed by atoms with E-state index in [0.29, 0.717) is 6.54 Å². The summed E-state index contributed by atoms with van der Waals surface area (Å²) in [4.78, 5) is 12.1. The van der Waals surface area contributed by atoms with Crippen molar-refractivity contribution in [1.29, 1.82) is 0 Å². The molecule has 1 rings (SSSR count). The third-order valence-corrected chi connectivity index (χ3v) is 4.61. The Labute approximate surface area is 99.2 Å². The van der Waals surface area contributed by atoms with Gasteiger partial charge in [0.2, 0.25) is 5.91 Å². The van der Waals surface area contributed by atoms with E-state index in [9.17, 15) is 4.79 Å². The number of hydrogen-bond acceptors (Lipinski definition) is 2. The summed E-state index contributed by atoms with van der Waals surface area (Å²) in [5, 5.41) is 3.17. The first-order valence-electron chi connectivity index (χ1n) is 6.49. The Morgan fingerprint density at radius 1 is 1.44 bits per heavy atom. The maximum atomic E-state index is 12.1. The second-order valence-corrected chi connectivity index (χ2v) is 5.45. The van der Waals surface area contributed by atoms with E-state index >= 15 is 0 Å². The first-order chi connectivity index (χ1) is 7.47. The third kappa shape index (κ3) is 2.40. The zero-order valence-corrected chi connectivity index (χ0v) is 11.1. The van der Waals surface area contributed by atoms with Gasteiger partial charge < -0.3 is 11.1 Å². The molecular formula is C13H26N2O. The molecular weight excluding hydrogens is 200 g/mol. The van der Waals surface area contributed by atoms with Crippen molar-refractivity contribution in [3.63, 3.8) is 0 Å². The van der Waals surface area contributed by atoms with E-state index in [2.05, 4.69) is 33.0 Å². The molecule has 0 aliphatic heterocycles. The Bertz CT molecular complexity index is 252. The van der Waals surface area contributed by atoms with Gasteiger partial charge >= 0.3 is 0 Å². The molecule has 3 N–H and O–H groups in total. The van der Waals surface area contributed by atoms with Gasteiger partial charge in [0.05, 0.1) is 5.54 Å². The first-order valence-corrected chi connectivity index (χ1v) is 6.49. The van der Waals surface area contributed by atoms with Crippen LogP contribution in [-0.4, -0.2) is 18.0 Å². The van der Waals surface area contributed by atoms with Crippen LogP contribution in [0.15, 0.2) is 0 Å². The van der Waals surface area contributed by atoms with Gasteiger partial charge in [0.1, 0.15) is 0 Å². The van der Waals surface area contributed by atoms with Crippen molar-refractivity contribution < 1.29 is 4.79 Å². The fourth-order valence-corrected chi connectivity index (χ4v) is 2.32. The normalized spacial score (nSPS) is 28.9. The number of carbonyl (C=O) groups is 1. The molecule has 3 nitrogen and oxygen atoms in total. The predicted molar refractivity (Wildman–Crippen MR) is 67.0 cm³/mol. The highest BCUT2D eigenvalue weighted by molar-refractivity contribution is 5.83. The molecule has 3 heteroatoms. The molecule has 1 aliphatic rings. The van der Waals surface area contributed by atoms with E-state index in [1.807, 2.05) is 0 Å². The van der Waals surface area contributed by atoms with Crippen molar-refractivity contribution >= 4 is 5.91 Å². The highest BCUT2D eigenvalue weighted by Gasteiger charge is 2.53. The SMILES string of the molecule is CCC(CC)(CN)NC(=O)C1CC1(C)CC. The average molecular weight is 226 g/mol. The van der Waals surface area contributed by atoms with Crippen LogP contribution >= 0.6 is 0 Å². The monoisotopic (exact) mass is 226 g/mol. The number of carbonyl (C=O) groups excluding carboxylic acids is 1. The van der Waals surface area contributed by atoms with E-state index in [-0.39, 0.29) is 22.8 Å². The fourth-order valence-electron chi connectivity index (χ4n) is 2.32. The van der Waals surface area contributed by atoms with Gasteiger partial charge in [-0.15, -0.1) is 0 Å². The minimum Gasteiger partial charge on any atom is -0.349 e. The van der Waals surface area contributed by atoms with Crippen molar-refractivity contribution in [1.82, 2.24) is 5.32 Å². The standard InChI is InChI=1S/C13H26N2O/c1-5-12(4)8-10(12)11(16)15-13(6-2,7-3)9-14/h10H,5-9,14H2,1-4H3,(H,15,16). The molecule has 0 heterocycles. The largest absolute Gasteiger partial charge is 0.349 e. The zero-order chi connectivity index (χ0) is 12.4. The van der Waals surface area contributed by atoms with Crippen LogP contribution in [0.25, 0.3) is 0 Å². The Morgan fingerprint density at radius 2 is 2.00 bits per heavy atom. The van der Waals surface area contributed by atoms with Crippen LogP contribution in [0.1, 0.15) is 53.4 Å². The summed E-state index contributed by atoms with van der Waals surface area (Å²) in [6.45, 7) is 9.05. The van der Waals surface area contributed by atoms with Crippen LogP contribution in [0.5, 0.6) is 0 Å². The van der Waals surface area contributed by atoms with Crippen molar-refractivity contribution in [3.8, 4) is 0 Å². The molecule has 0 aromatic heterocycles. The topological polar surface area (TPSA) is 55.1 Å². The molecule has 2 unspecified atom stereocenters. The summed E-state index contributed by atoms with van der Waals surface area (Å²) >= 11 is 0. The highest BCUT2D eigenvalue weighted by atomic mass is 16.2. The number of nitrogens with two attached hydrogens (primary N) is 1. The molecule has 16 heavy (non-hydrogen) atoms. The molecule has 0 aromatic rings. The van der Waals surface area contributed by atoms with Gasteiger partial charge in [-0.05, 0) is 31.1 Å². The van der Waals surface area contributed by atoms with Crippen LogP contribution in [0.2, 0.25) is 0 Å².